The maximum atomic E-state index is 12.5. The van der Waals surface area contributed by atoms with Gasteiger partial charge in [0.1, 0.15) is 11.4 Å². The summed E-state index contributed by atoms with van der Waals surface area (Å²) >= 11 is 0. The van der Waals surface area contributed by atoms with Crippen molar-refractivity contribution in [3.8, 4) is 0 Å². The smallest absolute Gasteiger partial charge is 0.307 e. The summed E-state index contributed by atoms with van der Waals surface area (Å²) in [5.41, 5.74) is 7.76. The number of nitrogens with zero attached hydrogens (tertiary/aromatic N) is 3. The molecule has 0 bridgehead atoms. The van der Waals surface area contributed by atoms with Crippen molar-refractivity contribution in [3.63, 3.8) is 0 Å². The fourth-order valence-electron chi connectivity index (χ4n) is 6.74. The lowest BCUT2D eigenvalue weighted by Crippen LogP contribution is -2.31. The van der Waals surface area contributed by atoms with Crippen LogP contribution in [0.3, 0.4) is 0 Å². The van der Waals surface area contributed by atoms with Crippen molar-refractivity contribution in [3.05, 3.63) is 10.4 Å². The number of nitrogens with one attached hydrogen (secondary N) is 1. The minimum absolute atomic E-state index is 0.101. The second-order valence-corrected chi connectivity index (χ2v) is 18.1. The molecule has 0 fully saturated rings. The molecule has 1 atom stereocenters. The number of Topliss-reactive ketones (excluding diaryl/α,β-unsaturated/α-hetero) is 1. The van der Waals surface area contributed by atoms with Gasteiger partial charge in [0.2, 0.25) is 5.91 Å². The highest BCUT2D eigenvalue weighted by Gasteiger charge is 2.24. The van der Waals surface area contributed by atoms with Gasteiger partial charge in [-0.15, -0.1) is 0 Å². The lowest BCUT2D eigenvalue weighted by molar-refractivity contribution is -0.155. The third-order valence-corrected chi connectivity index (χ3v) is 10.4. The van der Waals surface area contributed by atoms with E-state index in [4.69, 9.17) is 62.4 Å². The first kappa shape index (κ1) is 69.0. The molecule has 0 unspecified atom stereocenters. The van der Waals surface area contributed by atoms with Gasteiger partial charge in [0, 0.05) is 43.7 Å². The lowest BCUT2D eigenvalue weighted by Gasteiger charge is -2.19. The SMILES string of the molecule is CC(C)(C)OC(=O)CCCCCCCCCCCCCCCCC(=O)C[C@@H](CC(=O)NCCOCCOCCOCCOCCOCCOCCOCCOCCOCCOCCOCCN=[N+]=[N-])C(=O)O. The molecule has 0 aliphatic rings. The highest BCUT2D eigenvalue weighted by atomic mass is 16.6. The Morgan fingerprint density at radius 1 is 0.458 bits per heavy atom. The van der Waals surface area contributed by atoms with E-state index in [0.29, 0.717) is 158 Å². The quantitative estimate of drug-likeness (QED) is 0.0200. The predicted octanol–water partition coefficient (Wildman–Crippen LogP) is 7.23. The van der Waals surface area contributed by atoms with Gasteiger partial charge in [-0.1, -0.05) is 82.2 Å². The molecule has 0 aliphatic carbocycles. The number of hydrogen-bond acceptors (Lipinski definition) is 17. The lowest BCUT2D eigenvalue weighted by atomic mass is 9.95. The molecule has 0 saturated heterocycles. The summed E-state index contributed by atoms with van der Waals surface area (Å²) < 4.78 is 65.2. The van der Waals surface area contributed by atoms with E-state index in [1.807, 2.05) is 20.8 Å². The minimum Gasteiger partial charge on any atom is -0.481 e. The Kier molecular flexibility index (Phi) is 51.9. The van der Waals surface area contributed by atoms with Crippen LogP contribution in [0, 0.1) is 5.92 Å². The molecular formula is C51H96N4O17. The molecule has 2 N–H and O–H groups in total. The number of amides is 1. The van der Waals surface area contributed by atoms with E-state index in [2.05, 4.69) is 15.3 Å². The standard InChI is InChI=1S/C51H96N4O17/c1-51(2,3)72-49(58)19-17-15-13-11-9-7-5-4-6-8-10-12-14-16-18-47(56)44-46(50(59)60)45-48(57)53-20-22-61-24-26-63-28-30-65-32-34-67-36-38-69-40-42-71-43-41-70-39-37-68-35-33-66-31-29-64-27-25-62-23-21-54-55-52/h46H,4-45H2,1-3H3,(H,53,57)(H,59,60)/t46-/m0/s1. The Hall–Kier alpha value is -3.05. The Labute approximate surface area is 430 Å². The first-order chi connectivity index (χ1) is 35.0. The van der Waals surface area contributed by atoms with Crippen LogP contribution in [0.2, 0.25) is 0 Å². The van der Waals surface area contributed by atoms with E-state index in [0.717, 1.165) is 38.5 Å². The third-order valence-electron chi connectivity index (χ3n) is 10.4. The first-order valence-electron chi connectivity index (χ1n) is 26.6. The Morgan fingerprint density at radius 3 is 1.08 bits per heavy atom. The highest BCUT2D eigenvalue weighted by Crippen LogP contribution is 2.17. The van der Waals surface area contributed by atoms with Gasteiger partial charge < -0.3 is 67.3 Å². The summed E-state index contributed by atoms with van der Waals surface area (Å²) in [6, 6.07) is 0. The summed E-state index contributed by atoms with van der Waals surface area (Å²) in [6.45, 7) is 15.7. The maximum Gasteiger partial charge on any atom is 0.307 e. The number of carbonyl (C=O) groups excluding carboxylic acids is 3. The van der Waals surface area contributed by atoms with Gasteiger partial charge in [0.05, 0.1) is 151 Å². The topological polar surface area (TPSA) is 260 Å². The van der Waals surface area contributed by atoms with Crippen molar-refractivity contribution < 1.29 is 81.1 Å². The molecule has 0 rings (SSSR count). The molecule has 0 aliphatic heterocycles. The van der Waals surface area contributed by atoms with Crippen LogP contribution in [0.1, 0.15) is 136 Å². The molecule has 0 spiro atoms. The van der Waals surface area contributed by atoms with Crippen LogP contribution in [-0.4, -0.2) is 193 Å². The largest absolute Gasteiger partial charge is 0.481 e. The predicted molar refractivity (Wildman–Crippen MR) is 271 cm³/mol. The summed E-state index contributed by atoms with van der Waals surface area (Å²) in [4.78, 5) is 51.0. The number of ether oxygens (including phenoxy) is 12. The van der Waals surface area contributed by atoms with E-state index in [9.17, 15) is 24.3 Å². The monoisotopic (exact) mass is 1040 g/mol. The number of rotatable bonds is 58. The van der Waals surface area contributed by atoms with E-state index in [1.165, 1.54) is 51.4 Å². The average molecular weight is 1040 g/mol. The van der Waals surface area contributed by atoms with Crippen molar-refractivity contribution in [2.75, 3.05) is 158 Å². The summed E-state index contributed by atoms with van der Waals surface area (Å²) in [5.74, 6) is -2.81. The molecule has 0 aromatic heterocycles. The van der Waals surface area contributed by atoms with Gasteiger partial charge >= 0.3 is 11.9 Å². The number of esters is 1. The van der Waals surface area contributed by atoms with Crippen LogP contribution in [0.4, 0.5) is 0 Å². The highest BCUT2D eigenvalue weighted by molar-refractivity contribution is 5.87. The first-order valence-corrected chi connectivity index (χ1v) is 26.6. The number of aliphatic carboxylic acids is 1. The normalized spacial score (nSPS) is 11.9. The molecule has 72 heavy (non-hydrogen) atoms. The third kappa shape index (κ3) is 56.2. The van der Waals surface area contributed by atoms with Crippen molar-refractivity contribution in [1.29, 1.82) is 0 Å². The second-order valence-electron chi connectivity index (χ2n) is 18.1. The number of ketones is 1. The number of carboxylic acid groups (broad SMARTS) is 1. The molecule has 21 nitrogen and oxygen atoms in total. The fraction of sp³-hybridized carbons (Fsp3) is 0.922. The summed E-state index contributed by atoms with van der Waals surface area (Å²) in [6.07, 6.45) is 16.2. The molecule has 0 aromatic carbocycles. The maximum absolute atomic E-state index is 12.5. The van der Waals surface area contributed by atoms with E-state index >= 15 is 0 Å². The van der Waals surface area contributed by atoms with Gasteiger partial charge in [0.25, 0.3) is 0 Å². The van der Waals surface area contributed by atoms with Crippen molar-refractivity contribution in [2.24, 2.45) is 11.0 Å². The fourth-order valence-corrected chi connectivity index (χ4v) is 6.74. The van der Waals surface area contributed by atoms with Crippen LogP contribution in [0.5, 0.6) is 0 Å². The molecule has 1 amide bonds. The zero-order valence-electron chi connectivity index (χ0n) is 44.6. The zero-order valence-corrected chi connectivity index (χ0v) is 44.6. The molecule has 21 heteroatoms. The van der Waals surface area contributed by atoms with Gasteiger partial charge in [-0.05, 0) is 39.1 Å². The number of unbranched alkanes of at least 4 members (excludes halogenated alkanes) is 13. The van der Waals surface area contributed by atoms with Crippen molar-refractivity contribution in [2.45, 2.75) is 142 Å². The molecule has 0 saturated carbocycles. The molecule has 422 valence electrons. The molecule has 0 aromatic rings. The Morgan fingerprint density at radius 2 is 0.764 bits per heavy atom. The molecule has 0 radical (unpaired) electrons. The van der Waals surface area contributed by atoms with Crippen LogP contribution in [0.15, 0.2) is 5.11 Å². The Balaban J connectivity index is 3.44. The van der Waals surface area contributed by atoms with Crippen LogP contribution in [0.25, 0.3) is 10.4 Å². The summed E-state index contributed by atoms with van der Waals surface area (Å²) in [5, 5.41) is 15.6. The minimum atomic E-state index is -1.14. The second kappa shape index (κ2) is 54.2. The van der Waals surface area contributed by atoms with Gasteiger partial charge in [0.15, 0.2) is 0 Å². The van der Waals surface area contributed by atoms with E-state index in [-0.39, 0.29) is 37.7 Å². The molecule has 0 heterocycles. The molecular weight excluding hydrogens is 941 g/mol. The zero-order chi connectivity index (χ0) is 52.7. The van der Waals surface area contributed by atoms with E-state index < -0.39 is 23.4 Å². The van der Waals surface area contributed by atoms with Crippen LogP contribution in [-0.2, 0) is 76.0 Å². The van der Waals surface area contributed by atoms with Gasteiger partial charge in [-0.2, -0.15) is 0 Å². The number of hydrogen-bond donors (Lipinski definition) is 2. The number of carbonyl (C=O) groups is 4. The number of azide groups is 1. The Bertz CT molecular complexity index is 1310. The van der Waals surface area contributed by atoms with Crippen LogP contribution < -0.4 is 5.32 Å². The van der Waals surface area contributed by atoms with Crippen molar-refractivity contribution >= 4 is 23.6 Å². The summed E-state index contributed by atoms with van der Waals surface area (Å²) in [7, 11) is 0. The van der Waals surface area contributed by atoms with Crippen molar-refractivity contribution in [1.82, 2.24) is 5.32 Å². The van der Waals surface area contributed by atoms with Gasteiger partial charge in [-0.3, -0.25) is 19.2 Å². The number of carboxylic acids is 1. The van der Waals surface area contributed by atoms with Gasteiger partial charge in [-0.25, -0.2) is 0 Å². The van der Waals surface area contributed by atoms with E-state index in [1.54, 1.807) is 0 Å². The van der Waals surface area contributed by atoms with Crippen LogP contribution >= 0.6 is 0 Å². The average Bonchev–Trinajstić information content (AvgIpc) is 3.34.